The molecule has 2 aromatic rings. The molecule has 1 heterocycles. The number of nitrogens with one attached hydrogen (secondary N) is 1. The van der Waals surface area contributed by atoms with Crippen molar-refractivity contribution < 1.29 is 0 Å². The van der Waals surface area contributed by atoms with Gasteiger partial charge in [0.2, 0.25) is 0 Å². The van der Waals surface area contributed by atoms with Gasteiger partial charge in [0.05, 0.1) is 0 Å². The summed E-state index contributed by atoms with van der Waals surface area (Å²) in [5.41, 5.74) is 2.89. The third-order valence-corrected chi connectivity index (χ3v) is 4.13. The predicted octanol–water partition coefficient (Wildman–Crippen LogP) is 3.88. The van der Waals surface area contributed by atoms with Gasteiger partial charge in [-0.25, -0.2) is 0 Å². The largest absolute Gasteiger partial charge is 0.312 e. The molecule has 0 unspecified atom stereocenters. The lowest BCUT2D eigenvalue weighted by atomic mass is 10.1. The first kappa shape index (κ1) is 11.6. The van der Waals surface area contributed by atoms with Crippen molar-refractivity contribution >= 4 is 21.4 Å². The molecule has 0 aliphatic carbocycles. The van der Waals surface area contributed by atoms with Gasteiger partial charge in [0, 0.05) is 16.1 Å². The number of aryl methyl sites for hydroxylation is 2. The van der Waals surface area contributed by atoms with Crippen molar-refractivity contribution in [2.24, 2.45) is 0 Å². The number of fused-ring (bicyclic) bond motifs is 1. The highest BCUT2D eigenvalue weighted by Gasteiger charge is 2.09. The molecule has 0 aliphatic heterocycles. The summed E-state index contributed by atoms with van der Waals surface area (Å²) in [7, 11) is 0. The summed E-state index contributed by atoms with van der Waals surface area (Å²) in [6, 6.07) is 6.78. The second kappa shape index (κ2) is 4.98. The van der Waals surface area contributed by atoms with Gasteiger partial charge in [0.25, 0.3) is 0 Å². The Morgan fingerprint density at radius 2 is 2.06 bits per heavy atom. The van der Waals surface area contributed by atoms with Gasteiger partial charge in [0.1, 0.15) is 0 Å². The Morgan fingerprint density at radius 3 is 2.75 bits per heavy atom. The number of hydrogen-bond donors (Lipinski definition) is 1. The first-order valence-corrected chi connectivity index (χ1v) is 6.79. The highest BCUT2D eigenvalue weighted by atomic mass is 32.1. The molecule has 86 valence electrons. The molecule has 0 fully saturated rings. The second-order valence-corrected chi connectivity index (χ2v) is 5.27. The summed E-state index contributed by atoms with van der Waals surface area (Å²) < 4.78 is 1.43. The normalized spacial score (nSPS) is 11.2. The zero-order valence-electron chi connectivity index (χ0n) is 10.3. The monoisotopic (exact) mass is 233 g/mol. The second-order valence-electron chi connectivity index (χ2n) is 4.14. The zero-order chi connectivity index (χ0) is 11.5. The van der Waals surface area contributed by atoms with Crippen molar-refractivity contribution in [1.29, 1.82) is 0 Å². The molecule has 1 N–H and O–H groups in total. The predicted molar refractivity (Wildman–Crippen MR) is 73.3 cm³/mol. The maximum Gasteiger partial charge on any atom is 0.0349 e. The lowest BCUT2D eigenvalue weighted by molar-refractivity contribution is 0.731. The molecule has 0 saturated heterocycles. The smallest absolute Gasteiger partial charge is 0.0349 e. The summed E-state index contributed by atoms with van der Waals surface area (Å²) in [5, 5.41) is 4.88. The van der Waals surface area contributed by atoms with E-state index in [1.165, 1.54) is 26.1 Å². The van der Waals surface area contributed by atoms with Crippen LogP contribution in [0.1, 0.15) is 29.9 Å². The van der Waals surface area contributed by atoms with Gasteiger partial charge in [-0.1, -0.05) is 31.5 Å². The maximum absolute atomic E-state index is 3.43. The first-order valence-electron chi connectivity index (χ1n) is 5.97. The molecular formula is C14H19NS. The van der Waals surface area contributed by atoms with E-state index in [0.29, 0.717) is 0 Å². The Balaban J connectivity index is 2.49. The van der Waals surface area contributed by atoms with Crippen molar-refractivity contribution in [2.45, 2.75) is 33.7 Å². The van der Waals surface area contributed by atoms with Crippen LogP contribution in [-0.2, 0) is 13.0 Å². The average Bonchev–Trinajstić information content (AvgIpc) is 2.63. The third-order valence-electron chi connectivity index (χ3n) is 2.92. The van der Waals surface area contributed by atoms with Gasteiger partial charge in [-0.15, -0.1) is 11.3 Å². The van der Waals surface area contributed by atoms with E-state index in [4.69, 9.17) is 0 Å². The van der Waals surface area contributed by atoms with Crippen LogP contribution in [-0.4, -0.2) is 6.54 Å². The molecule has 1 aromatic carbocycles. The summed E-state index contributed by atoms with van der Waals surface area (Å²) >= 11 is 1.93. The Morgan fingerprint density at radius 1 is 1.25 bits per heavy atom. The molecule has 2 rings (SSSR count). The first-order chi connectivity index (χ1) is 7.76. The Kier molecular flexibility index (Phi) is 3.62. The number of thiophene rings is 1. The van der Waals surface area contributed by atoms with E-state index in [1.54, 1.807) is 0 Å². The standard InChI is InChI=1S/C14H19NS/c1-4-11-12-8-10(3)6-7-13(12)16-14(11)9-15-5-2/h6-8,15H,4-5,9H2,1-3H3. The minimum Gasteiger partial charge on any atom is -0.312 e. The van der Waals surface area contributed by atoms with Crippen LogP contribution in [0, 0.1) is 6.92 Å². The third kappa shape index (κ3) is 2.13. The molecule has 0 spiro atoms. The summed E-state index contributed by atoms with van der Waals surface area (Å²) in [5.74, 6) is 0. The lowest BCUT2D eigenvalue weighted by Gasteiger charge is -2.02. The number of rotatable bonds is 4. The van der Waals surface area contributed by atoms with Crippen LogP contribution in [0.3, 0.4) is 0 Å². The molecule has 0 saturated carbocycles. The van der Waals surface area contributed by atoms with Gasteiger partial charge < -0.3 is 5.32 Å². The van der Waals surface area contributed by atoms with Gasteiger partial charge in [-0.2, -0.15) is 0 Å². The van der Waals surface area contributed by atoms with E-state index in [9.17, 15) is 0 Å². The molecule has 1 aromatic heterocycles. The minimum atomic E-state index is 1.01. The Hall–Kier alpha value is -0.860. The molecule has 2 heteroatoms. The molecule has 0 amide bonds. The van der Waals surface area contributed by atoms with Crippen molar-refractivity contribution in [2.75, 3.05) is 6.54 Å². The SMILES string of the molecule is CCNCc1sc2ccc(C)cc2c1CC. The summed E-state index contributed by atoms with van der Waals surface area (Å²) in [6.45, 7) is 8.62. The summed E-state index contributed by atoms with van der Waals surface area (Å²) in [6.07, 6.45) is 1.13. The zero-order valence-corrected chi connectivity index (χ0v) is 11.1. The van der Waals surface area contributed by atoms with Gasteiger partial charge >= 0.3 is 0 Å². The van der Waals surface area contributed by atoms with Crippen LogP contribution in [0.2, 0.25) is 0 Å². The average molecular weight is 233 g/mol. The quantitative estimate of drug-likeness (QED) is 0.845. The summed E-state index contributed by atoms with van der Waals surface area (Å²) in [4.78, 5) is 1.50. The minimum absolute atomic E-state index is 1.01. The fourth-order valence-corrected chi connectivity index (χ4v) is 3.33. The van der Waals surface area contributed by atoms with Crippen molar-refractivity contribution in [3.05, 3.63) is 34.2 Å². The van der Waals surface area contributed by atoms with Crippen molar-refractivity contribution in [3.63, 3.8) is 0 Å². The molecule has 0 radical (unpaired) electrons. The van der Waals surface area contributed by atoms with E-state index >= 15 is 0 Å². The lowest BCUT2D eigenvalue weighted by Crippen LogP contribution is -2.11. The van der Waals surface area contributed by atoms with Crippen LogP contribution < -0.4 is 5.32 Å². The van der Waals surface area contributed by atoms with E-state index in [2.05, 4.69) is 44.3 Å². The van der Waals surface area contributed by atoms with Gasteiger partial charge in [-0.3, -0.25) is 0 Å². The Labute approximate surface area is 101 Å². The van der Waals surface area contributed by atoms with E-state index < -0.39 is 0 Å². The van der Waals surface area contributed by atoms with Crippen LogP contribution in [0.5, 0.6) is 0 Å². The van der Waals surface area contributed by atoms with Crippen LogP contribution in [0.15, 0.2) is 18.2 Å². The van der Waals surface area contributed by atoms with Gasteiger partial charge in [-0.05, 0) is 36.9 Å². The molecule has 1 nitrogen and oxygen atoms in total. The fraction of sp³-hybridized carbons (Fsp3) is 0.429. The maximum atomic E-state index is 3.43. The van der Waals surface area contributed by atoms with Gasteiger partial charge in [0.15, 0.2) is 0 Å². The molecule has 0 bridgehead atoms. The topological polar surface area (TPSA) is 12.0 Å². The van der Waals surface area contributed by atoms with Crippen LogP contribution >= 0.6 is 11.3 Å². The molecule has 0 aliphatic rings. The van der Waals surface area contributed by atoms with E-state index in [1.807, 2.05) is 11.3 Å². The van der Waals surface area contributed by atoms with Crippen LogP contribution in [0.25, 0.3) is 10.1 Å². The Bertz CT molecular complexity index is 485. The van der Waals surface area contributed by atoms with Crippen LogP contribution in [0.4, 0.5) is 0 Å². The fourth-order valence-electron chi connectivity index (χ4n) is 2.08. The molecule has 16 heavy (non-hydrogen) atoms. The highest BCUT2D eigenvalue weighted by Crippen LogP contribution is 2.32. The van der Waals surface area contributed by atoms with E-state index in [0.717, 1.165) is 19.5 Å². The van der Waals surface area contributed by atoms with E-state index in [-0.39, 0.29) is 0 Å². The van der Waals surface area contributed by atoms with Crippen molar-refractivity contribution in [1.82, 2.24) is 5.32 Å². The highest BCUT2D eigenvalue weighted by molar-refractivity contribution is 7.19. The molecule has 0 atom stereocenters. The number of benzene rings is 1. The number of hydrogen-bond acceptors (Lipinski definition) is 2. The molecular weight excluding hydrogens is 214 g/mol. The van der Waals surface area contributed by atoms with Crippen molar-refractivity contribution in [3.8, 4) is 0 Å².